The first-order valence-corrected chi connectivity index (χ1v) is 7.67. The second kappa shape index (κ2) is 8.79. The van der Waals surface area contributed by atoms with E-state index in [0.717, 1.165) is 38.0 Å². The molecule has 0 N–H and O–H groups in total. The molecule has 19 heavy (non-hydrogen) atoms. The summed E-state index contributed by atoms with van der Waals surface area (Å²) >= 11 is 0. The highest BCUT2D eigenvalue weighted by atomic mass is 16.5. The molecule has 1 heteroatoms. The Morgan fingerprint density at radius 3 is 2.47 bits per heavy atom. The van der Waals surface area contributed by atoms with E-state index < -0.39 is 0 Å². The predicted octanol–water partition coefficient (Wildman–Crippen LogP) is 5.50. The molecule has 0 heterocycles. The van der Waals surface area contributed by atoms with E-state index in [2.05, 4.69) is 58.0 Å². The molecule has 0 aromatic heterocycles. The fourth-order valence-corrected chi connectivity index (χ4v) is 2.36. The lowest BCUT2D eigenvalue weighted by Crippen LogP contribution is -2.03. The Kier molecular flexibility index (Phi) is 7.32. The molecule has 0 aliphatic heterocycles. The molecule has 1 aromatic carbocycles. The highest BCUT2D eigenvalue weighted by molar-refractivity contribution is 5.40. The van der Waals surface area contributed by atoms with Crippen molar-refractivity contribution >= 4 is 0 Å². The lowest BCUT2D eigenvalue weighted by atomic mass is 9.90. The molecule has 0 fully saturated rings. The van der Waals surface area contributed by atoms with Gasteiger partial charge in [0.1, 0.15) is 5.75 Å². The molecule has 1 rings (SSSR count). The molecule has 0 saturated heterocycles. The van der Waals surface area contributed by atoms with Gasteiger partial charge in [-0.2, -0.15) is 0 Å². The molecular formula is C18H28O. The van der Waals surface area contributed by atoms with Gasteiger partial charge in [-0.3, -0.25) is 0 Å². The standard InChI is InChI=1S/C18H28O/c1-5-9-10-11-16(7-3)17-14-15(6-2)12-13-18(17)19-8-4/h9-10,12-14,16H,5-8,11H2,1-4H3/b10-9-. The van der Waals surface area contributed by atoms with Crippen LogP contribution in [0.1, 0.15) is 64.0 Å². The fourth-order valence-electron chi connectivity index (χ4n) is 2.36. The Hall–Kier alpha value is -1.24. The van der Waals surface area contributed by atoms with Crippen LogP contribution in [0.2, 0.25) is 0 Å². The van der Waals surface area contributed by atoms with Crippen molar-refractivity contribution in [1.29, 1.82) is 0 Å². The van der Waals surface area contributed by atoms with Crippen LogP contribution in [0.4, 0.5) is 0 Å². The minimum atomic E-state index is 0.566. The Labute approximate surface area is 118 Å². The number of allylic oxidation sites excluding steroid dienone is 2. The van der Waals surface area contributed by atoms with Crippen molar-refractivity contribution in [3.8, 4) is 5.75 Å². The van der Waals surface area contributed by atoms with Gasteiger partial charge in [0.05, 0.1) is 6.61 Å². The van der Waals surface area contributed by atoms with Crippen molar-refractivity contribution in [2.24, 2.45) is 0 Å². The Balaban J connectivity index is 3.00. The molecular weight excluding hydrogens is 232 g/mol. The molecule has 1 atom stereocenters. The van der Waals surface area contributed by atoms with Crippen molar-refractivity contribution in [3.05, 3.63) is 41.5 Å². The number of ether oxygens (including phenoxy) is 1. The maximum absolute atomic E-state index is 5.80. The maximum Gasteiger partial charge on any atom is 0.122 e. The highest BCUT2D eigenvalue weighted by Crippen LogP contribution is 2.33. The van der Waals surface area contributed by atoms with Crippen LogP contribution in [0.3, 0.4) is 0 Å². The summed E-state index contributed by atoms with van der Waals surface area (Å²) in [5.41, 5.74) is 2.78. The zero-order chi connectivity index (χ0) is 14.1. The van der Waals surface area contributed by atoms with Gasteiger partial charge in [0.2, 0.25) is 0 Å². The monoisotopic (exact) mass is 260 g/mol. The number of benzene rings is 1. The minimum Gasteiger partial charge on any atom is -0.494 e. The fraction of sp³-hybridized carbons (Fsp3) is 0.556. The van der Waals surface area contributed by atoms with Crippen molar-refractivity contribution < 1.29 is 4.74 Å². The quantitative estimate of drug-likeness (QED) is 0.561. The molecule has 0 aliphatic rings. The summed E-state index contributed by atoms with van der Waals surface area (Å²) in [4.78, 5) is 0. The number of rotatable bonds is 8. The van der Waals surface area contributed by atoms with Crippen LogP contribution in [0.15, 0.2) is 30.4 Å². The van der Waals surface area contributed by atoms with E-state index in [9.17, 15) is 0 Å². The van der Waals surface area contributed by atoms with Crippen LogP contribution >= 0.6 is 0 Å². The molecule has 106 valence electrons. The molecule has 1 aromatic rings. The van der Waals surface area contributed by atoms with E-state index in [4.69, 9.17) is 4.74 Å². The molecule has 1 nitrogen and oxygen atoms in total. The van der Waals surface area contributed by atoms with Crippen LogP contribution in [0.25, 0.3) is 0 Å². The van der Waals surface area contributed by atoms with E-state index in [0.29, 0.717) is 5.92 Å². The Morgan fingerprint density at radius 1 is 1.11 bits per heavy atom. The zero-order valence-corrected chi connectivity index (χ0v) is 12.9. The van der Waals surface area contributed by atoms with E-state index in [1.54, 1.807) is 0 Å². The maximum atomic E-state index is 5.80. The second-order valence-electron chi connectivity index (χ2n) is 4.88. The molecule has 0 bridgehead atoms. The first kappa shape index (κ1) is 15.8. The third-order valence-corrected chi connectivity index (χ3v) is 3.54. The highest BCUT2D eigenvalue weighted by Gasteiger charge is 2.14. The summed E-state index contributed by atoms with van der Waals surface area (Å²) in [6.45, 7) is 9.44. The van der Waals surface area contributed by atoms with E-state index >= 15 is 0 Å². The summed E-state index contributed by atoms with van der Waals surface area (Å²) in [5, 5.41) is 0. The summed E-state index contributed by atoms with van der Waals surface area (Å²) < 4.78 is 5.80. The summed E-state index contributed by atoms with van der Waals surface area (Å²) in [5.74, 6) is 1.63. The van der Waals surface area contributed by atoms with E-state index in [1.165, 1.54) is 11.1 Å². The zero-order valence-electron chi connectivity index (χ0n) is 12.9. The Bertz CT molecular complexity index is 393. The van der Waals surface area contributed by atoms with Gasteiger partial charge in [0, 0.05) is 0 Å². The van der Waals surface area contributed by atoms with Crippen LogP contribution < -0.4 is 4.74 Å². The first-order valence-electron chi connectivity index (χ1n) is 7.67. The van der Waals surface area contributed by atoms with E-state index in [-0.39, 0.29) is 0 Å². The predicted molar refractivity (Wildman–Crippen MR) is 84.1 cm³/mol. The van der Waals surface area contributed by atoms with Gasteiger partial charge in [-0.1, -0.05) is 45.1 Å². The number of hydrogen-bond acceptors (Lipinski definition) is 1. The van der Waals surface area contributed by atoms with Gasteiger partial charge >= 0.3 is 0 Å². The van der Waals surface area contributed by atoms with Gasteiger partial charge in [-0.15, -0.1) is 0 Å². The van der Waals surface area contributed by atoms with Gasteiger partial charge in [-0.25, -0.2) is 0 Å². The van der Waals surface area contributed by atoms with Crippen LogP contribution in [-0.2, 0) is 6.42 Å². The third kappa shape index (κ3) is 4.74. The van der Waals surface area contributed by atoms with Gasteiger partial charge in [0.15, 0.2) is 0 Å². The third-order valence-electron chi connectivity index (χ3n) is 3.54. The average Bonchev–Trinajstić information content (AvgIpc) is 2.45. The van der Waals surface area contributed by atoms with Crippen molar-refractivity contribution in [2.75, 3.05) is 6.61 Å². The second-order valence-corrected chi connectivity index (χ2v) is 4.88. The summed E-state index contributed by atoms with van der Waals surface area (Å²) in [7, 11) is 0. The first-order chi connectivity index (χ1) is 9.26. The topological polar surface area (TPSA) is 9.23 Å². The summed E-state index contributed by atoms with van der Waals surface area (Å²) in [6.07, 6.45) is 9.03. The van der Waals surface area contributed by atoms with Crippen molar-refractivity contribution in [1.82, 2.24) is 0 Å². The van der Waals surface area contributed by atoms with E-state index in [1.807, 2.05) is 0 Å². The number of aryl methyl sites for hydroxylation is 1. The molecule has 0 amide bonds. The van der Waals surface area contributed by atoms with Crippen LogP contribution in [0, 0.1) is 0 Å². The van der Waals surface area contributed by atoms with Gasteiger partial charge in [-0.05, 0) is 55.7 Å². The minimum absolute atomic E-state index is 0.566. The normalized spacial score (nSPS) is 12.8. The van der Waals surface area contributed by atoms with Crippen molar-refractivity contribution in [2.45, 2.75) is 59.3 Å². The molecule has 0 spiro atoms. The smallest absolute Gasteiger partial charge is 0.122 e. The SMILES string of the molecule is CC/C=C\CC(CC)c1cc(CC)ccc1OCC. The average molecular weight is 260 g/mol. The lowest BCUT2D eigenvalue weighted by Gasteiger charge is -2.19. The Morgan fingerprint density at radius 2 is 1.89 bits per heavy atom. The summed E-state index contributed by atoms with van der Waals surface area (Å²) in [6, 6.07) is 6.66. The largest absolute Gasteiger partial charge is 0.494 e. The van der Waals surface area contributed by atoms with Crippen molar-refractivity contribution in [3.63, 3.8) is 0 Å². The molecule has 0 aliphatic carbocycles. The molecule has 0 saturated carbocycles. The van der Waals surface area contributed by atoms with Gasteiger partial charge in [0.25, 0.3) is 0 Å². The van der Waals surface area contributed by atoms with Crippen LogP contribution in [0.5, 0.6) is 5.75 Å². The lowest BCUT2D eigenvalue weighted by molar-refractivity contribution is 0.333. The van der Waals surface area contributed by atoms with Crippen LogP contribution in [-0.4, -0.2) is 6.61 Å². The molecule has 1 unspecified atom stereocenters. The molecule has 0 radical (unpaired) electrons. The number of hydrogen-bond donors (Lipinski definition) is 0. The van der Waals surface area contributed by atoms with Gasteiger partial charge < -0.3 is 4.74 Å².